The number of fused-ring (bicyclic) bond motifs is 1. The van der Waals surface area contributed by atoms with Crippen LogP contribution < -0.4 is 10.1 Å². The monoisotopic (exact) mass is 319 g/mol. The molecule has 3 rings (SSSR count). The zero-order valence-corrected chi connectivity index (χ0v) is 12.5. The minimum Gasteiger partial charge on any atom is -0.495 e. The molecule has 0 atom stereocenters. The lowest BCUT2D eigenvalue weighted by atomic mass is 10.2. The molecule has 0 saturated heterocycles. The fourth-order valence-corrected chi connectivity index (χ4v) is 2.65. The minimum atomic E-state index is -0.248. The average molecular weight is 320 g/mol. The number of nitrogens with one attached hydrogen (secondary N) is 1. The Balaban J connectivity index is 1.83. The zero-order valence-electron chi connectivity index (χ0n) is 11.0. The van der Waals surface area contributed by atoms with Crippen molar-refractivity contribution in [1.29, 1.82) is 0 Å². The average Bonchev–Trinajstić information content (AvgIpc) is 2.94. The second-order valence-electron chi connectivity index (χ2n) is 4.27. The number of aromatic nitrogens is 2. The number of nitrogens with zero attached hydrogens (tertiary/aromatic N) is 2. The third-order valence-electron chi connectivity index (χ3n) is 2.93. The molecule has 0 fully saturated rings. The van der Waals surface area contributed by atoms with Gasteiger partial charge in [0.2, 0.25) is 0 Å². The van der Waals surface area contributed by atoms with E-state index in [-0.39, 0.29) is 5.91 Å². The number of benzene rings is 2. The predicted octanol–water partition coefficient (Wildman–Crippen LogP) is 3.61. The Bertz CT molecular complexity index is 819. The van der Waals surface area contributed by atoms with Crippen LogP contribution in [0.4, 0.5) is 5.69 Å². The maximum absolute atomic E-state index is 12.2. The van der Waals surface area contributed by atoms with Crippen LogP contribution in [-0.2, 0) is 0 Å². The number of carbonyl (C=O) groups is 1. The van der Waals surface area contributed by atoms with E-state index in [1.807, 2.05) is 6.07 Å². The van der Waals surface area contributed by atoms with E-state index in [2.05, 4.69) is 14.1 Å². The standard InChI is InChI=1S/C14H10ClN3O2S/c1-20-13-5-2-8(6-10(13)15)14(19)16-9-3-4-11-12(7-9)18-21-17-11/h2-7H,1H3,(H,16,19). The number of carbonyl (C=O) groups excluding carboxylic acids is 1. The van der Waals surface area contributed by atoms with Crippen LogP contribution >= 0.6 is 23.3 Å². The van der Waals surface area contributed by atoms with Crippen molar-refractivity contribution in [1.82, 2.24) is 8.75 Å². The van der Waals surface area contributed by atoms with Gasteiger partial charge in [-0.1, -0.05) is 11.6 Å². The Labute approximate surface area is 129 Å². The molecule has 1 N–H and O–H groups in total. The normalized spacial score (nSPS) is 10.6. The number of methoxy groups -OCH3 is 1. The Hall–Kier alpha value is -2.18. The van der Waals surface area contributed by atoms with Crippen molar-refractivity contribution in [3.05, 3.63) is 47.0 Å². The smallest absolute Gasteiger partial charge is 0.255 e. The zero-order chi connectivity index (χ0) is 14.8. The van der Waals surface area contributed by atoms with Gasteiger partial charge in [-0.25, -0.2) is 0 Å². The number of halogens is 1. The summed E-state index contributed by atoms with van der Waals surface area (Å²) in [5.41, 5.74) is 2.68. The Morgan fingerprint density at radius 1 is 1.19 bits per heavy atom. The lowest BCUT2D eigenvalue weighted by Gasteiger charge is -2.07. The van der Waals surface area contributed by atoms with E-state index in [4.69, 9.17) is 16.3 Å². The maximum Gasteiger partial charge on any atom is 0.255 e. The Morgan fingerprint density at radius 2 is 2.00 bits per heavy atom. The van der Waals surface area contributed by atoms with E-state index < -0.39 is 0 Å². The van der Waals surface area contributed by atoms with Gasteiger partial charge in [0.05, 0.1) is 23.9 Å². The van der Waals surface area contributed by atoms with Gasteiger partial charge in [-0.05, 0) is 36.4 Å². The van der Waals surface area contributed by atoms with Crippen LogP contribution in [0.25, 0.3) is 11.0 Å². The molecule has 0 bridgehead atoms. The van der Waals surface area contributed by atoms with Crippen molar-refractivity contribution < 1.29 is 9.53 Å². The molecule has 0 spiro atoms. The molecule has 0 unspecified atom stereocenters. The molecule has 1 aromatic heterocycles. The summed E-state index contributed by atoms with van der Waals surface area (Å²) < 4.78 is 13.3. The number of rotatable bonds is 3. The molecule has 21 heavy (non-hydrogen) atoms. The lowest BCUT2D eigenvalue weighted by molar-refractivity contribution is 0.102. The fraction of sp³-hybridized carbons (Fsp3) is 0.0714. The Kier molecular flexibility index (Phi) is 3.72. The van der Waals surface area contributed by atoms with Crippen molar-refractivity contribution in [3.63, 3.8) is 0 Å². The van der Waals surface area contributed by atoms with Gasteiger partial charge in [0, 0.05) is 11.3 Å². The molecule has 0 aliphatic carbocycles. The molecule has 106 valence electrons. The predicted molar refractivity (Wildman–Crippen MR) is 83.4 cm³/mol. The molecule has 7 heteroatoms. The maximum atomic E-state index is 12.2. The van der Waals surface area contributed by atoms with E-state index in [1.165, 1.54) is 7.11 Å². The first-order valence-electron chi connectivity index (χ1n) is 6.04. The summed E-state index contributed by atoms with van der Waals surface area (Å²) >= 11 is 7.16. The van der Waals surface area contributed by atoms with Crippen LogP contribution in [0, 0.1) is 0 Å². The summed E-state index contributed by atoms with van der Waals surface area (Å²) in [6, 6.07) is 10.3. The number of hydrogen-bond acceptors (Lipinski definition) is 5. The van der Waals surface area contributed by atoms with Gasteiger partial charge >= 0.3 is 0 Å². The molecule has 0 aliphatic heterocycles. The van der Waals surface area contributed by atoms with Crippen LogP contribution in [0.5, 0.6) is 5.75 Å². The van der Waals surface area contributed by atoms with Gasteiger partial charge in [-0.3, -0.25) is 4.79 Å². The molecular formula is C14H10ClN3O2S. The summed E-state index contributed by atoms with van der Waals surface area (Å²) in [4.78, 5) is 12.2. The lowest BCUT2D eigenvalue weighted by Crippen LogP contribution is -2.11. The van der Waals surface area contributed by atoms with Crippen LogP contribution in [0.3, 0.4) is 0 Å². The molecule has 3 aromatic rings. The van der Waals surface area contributed by atoms with Gasteiger partial charge in [-0.2, -0.15) is 8.75 Å². The van der Waals surface area contributed by atoms with Gasteiger partial charge in [-0.15, -0.1) is 0 Å². The molecule has 1 heterocycles. The summed E-state index contributed by atoms with van der Waals surface area (Å²) in [5.74, 6) is 0.283. The Morgan fingerprint density at radius 3 is 2.76 bits per heavy atom. The molecule has 0 radical (unpaired) electrons. The molecule has 2 aromatic carbocycles. The molecule has 0 saturated carbocycles. The highest BCUT2D eigenvalue weighted by Gasteiger charge is 2.10. The van der Waals surface area contributed by atoms with E-state index in [0.29, 0.717) is 22.0 Å². The van der Waals surface area contributed by atoms with Crippen molar-refractivity contribution in [2.45, 2.75) is 0 Å². The quantitative estimate of drug-likeness (QED) is 0.801. The van der Waals surface area contributed by atoms with Crippen LogP contribution in [0.15, 0.2) is 36.4 Å². The third-order valence-corrected chi connectivity index (χ3v) is 3.78. The molecule has 1 amide bonds. The number of ether oxygens (including phenoxy) is 1. The van der Waals surface area contributed by atoms with E-state index >= 15 is 0 Å². The number of anilines is 1. The highest BCUT2D eigenvalue weighted by atomic mass is 35.5. The van der Waals surface area contributed by atoms with Gasteiger partial charge in [0.25, 0.3) is 5.91 Å². The van der Waals surface area contributed by atoms with Crippen molar-refractivity contribution in [3.8, 4) is 5.75 Å². The first-order valence-corrected chi connectivity index (χ1v) is 7.15. The highest BCUT2D eigenvalue weighted by Crippen LogP contribution is 2.25. The topological polar surface area (TPSA) is 64.1 Å². The van der Waals surface area contributed by atoms with Crippen LogP contribution in [0.1, 0.15) is 10.4 Å². The SMILES string of the molecule is COc1ccc(C(=O)Nc2ccc3nsnc3c2)cc1Cl. The van der Waals surface area contributed by atoms with Crippen molar-refractivity contribution in [2.24, 2.45) is 0 Å². The summed E-state index contributed by atoms with van der Waals surface area (Å²) in [6.07, 6.45) is 0. The second-order valence-corrected chi connectivity index (χ2v) is 5.21. The van der Waals surface area contributed by atoms with Crippen LogP contribution in [-0.4, -0.2) is 21.8 Å². The van der Waals surface area contributed by atoms with Gasteiger partial charge in [0.15, 0.2) is 0 Å². The van der Waals surface area contributed by atoms with Gasteiger partial charge in [0.1, 0.15) is 16.8 Å². The molecular weight excluding hydrogens is 310 g/mol. The van der Waals surface area contributed by atoms with E-state index in [9.17, 15) is 4.79 Å². The number of hydrogen-bond donors (Lipinski definition) is 1. The van der Waals surface area contributed by atoms with Crippen molar-refractivity contribution >= 4 is 46.0 Å². The molecule has 0 aliphatic rings. The largest absolute Gasteiger partial charge is 0.495 e. The minimum absolute atomic E-state index is 0.248. The van der Waals surface area contributed by atoms with Crippen LogP contribution in [0.2, 0.25) is 5.02 Å². The third kappa shape index (κ3) is 2.81. The summed E-state index contributed by atoms with van der Waals surface area (Å²) in [7, 11) is 1.53. The molecule has 5 nitrogen and oxygen atoms in total. The number of amides is 1. The van der Waals surface area contributed by atoms with Crippen molar-refractivity contribution in [2.75, 3.05) is 12.4 Å². The first-order chi connectivity index (χ1) is 10.2. The first kappa shape index (κ1) is 13.8. The fourth-order valence-electron chi connectivity index (χ4n) is 1.87. The second kappa shape index (κ2) is 5.67. The van der Waals surface area contributed by atoms with Gasteiger partial charge < -0.3 is 10.1 Å². The highest BCUT2D eigenvalue weighted by molar-refractivity contribution is 7.00. The summed E-state index contributed by atoms with van der Waals surface area (Å²) in [6.45, 7) is 0. The summed E-state index contributed by atoms with van der Waals surface area (Å²) in [5, 5.41) is 3.20. The van der Waals surface area contributed by atoms with E-state index in [0.717, 1.165) is 22.8 Å². The van der Waals surface area contributed by atoms with E-state index in [1.54, 1.807) is 30.3 Å².